The Labute approximate surface area is 90.1 Å². The van der Waals surface area contributed by atoms with Crippen LogP contribution in [0.25, 0.3) is 0 Å². The van der Waals surface area contributed by atoms with Crippen LogP contribution >= 0.6 is 7.82 Å². The Morgan fingerprint density at radius 2 is 1.80 bits per heavy atom. The Kier molecular flexibility index (Phi) is 7.34. The fourth-order valence-corrected chi connectivity index (χ4v) is 1.70. The molecule has 92 valence electrons. The van der Waals surface area contributed by atoms with Crippen LogP contribution < -0.4 is 0 Å². The molecule has 0 radical (unpaired) electrons. The van der Waals surface area contributed by atoms with E-state index in [2.05, 4.69) is 9.26 Å². The van der Waals surface area contributed by atoms with Gasteiger partial charge in [0.05, 0.1) is 0 Å². The maximum absolute atomic E-state index is 11.3. The summed E-state index contributed by atoms with van der Waals surface area (Å²) in [7, 11) is -2.75. The van der Waals surface area contributed by atoms with Gasteiger partial charge in [0, 0.05) is 13.7 Å². The van der Waals surface area contributed by atoms with Crippen LogP contribution in [0, 0.1) is 0 Å². The summed E-state index contributed by atoms with van der Waals surface area (Å²) in [5, 5.41) is 0. The van der Waals surface area contributed by atoms with Crippen molar-refractivity contribution in [3.8, 4) is 0 Å². The van der Waals surface area contributed by atoms with Crippen molar-refractivity contribution in [2.75, 3.05) is 13.7 Å². The van der Waals surface area contributed by atoms with Crippen LogP contribution in [0.4, 0.5) is 0 Å². The molecule has 0 heterocycles. The third-order valence-corrected chi connectivity index (χ3v) is 2.58. The number of methoxy groups -OCH3 is 1. The molecule has 0 aliphatic heterocycles. The van der Waals surface area contributed by atoms with Crippen molar-refractivity contribution in [3.05, 3.63) is 0 Å². The molecule has 0 bridgehead atoms. The highest BCUT2D eigenvalue weighted by Crippen LogP contribution is 2.45. The molecule has 0 aromatic rings. The topological polar surface area (TPSA) is 74.2 Å². The van der Waals surface area contributed by atoms with E-state index in [0.717, 1.165) is 6.42 Å². The summed E-state index contributed by atoms with van der Waals surface area (Å²) >= 11 is 0. The van der Waals surface area contributed by atoms with Crippen molar-refractivity contribution in [1.29, 1.82) is 0 Å². The van der Waals surface area contributed by atoms with Gasteiger partial charge in [-0.1, -0.05) is 6.92 Å². The first-order valence-electron chi connectivity index (χ1n) is 4.75. The summed E-state index contributed by atoms with van der Waals surface area (Å²) in [5.74, 6) is 0. The number of phosphoric acid groups is 1. The molecule has 3 unspecified atom stereocenters. The molecule has 0 aliphatic carbocycles. The minimum absolute atomic E-state index is 0.459. The van der Waals surface area contributed by atoms with Crippen LogP contribution in [0.1, 0.15) is 27.2 Å². The molecule has 15 heavy (non-hydrogen) atoms. The van der Waals surface area contributed by atoms with Gasteiger partial charge in [0.1, 0.15) is 0 Å². The van der Waals surface area contributed by atoms with Gasteiger partial charge in [-0.25, -0.2) is 4.57 Å². The van der Waals surface area contributed by atoms with E-state index in [9.17, 15) is 9.46 Å². The van der Waals surface area contributed by atoms with Gasteiger partial charge < -0.3 is 14.4 Å². The first kappa shape index (κ1) is 15.0. The summed E-state index contributed by atoms with van der Waals surface area (Å²) in [6.07, 6.45) is -0.789. The van der Waals surface area contributed by atoms with Crippen LogP contribution in [0.3, 0.4) is 0 Å². The second-order valence-electron chi connectivity index (χ2n) is 2.92. The van der Waals surface area contributed by atoms with Gasteiger partial charge in [0.25, 0.3) is 0 Å². The van der Waals surface area contributed by atoms with E-state index in [-0.39, 0.29) is 0 Å². The Bertz CT molecular complexity index is 209. The zero-order valence-corrected chi connectivity index (χ0v) is 10.4. The highest BCUT2D eigenvalue weighted by molar-refractivity contribution is 7.47. The molecule has 0 fully saturated rings. The normalized spacial score (nSPS) is 19.5. The maximum atomic E-state index is 11.3. The van der Waals surface area contributed by atoms with Gasteiger partial charge in [-0.05, 0) is 20.3 Å². The smallest absolute Gasteiger partial charge is 0.356 e. The molecule has 1 N–H and O–H groups in total. The number of rotatable bonds is 8. The Morgan fingerprint density at radius 1 is 1.27 bits per heavy atom. The third-order valence-electron chi connectivity index (χ3n) is 1.45. The van der Waals surface area contributed by atoms with Crippen molar-refractivity contribution in [2.24, 2.45) is 0 Å². The molecule has 0 amide bonds. The van der Waals surface area contributed by atoms with E-state index >= 15 is 0 Å². The van der Waals surface area contributed by atoms with Gasteiger partial charge in [0.15, 0.2) is 12.6 Å². The van der Waals surface area contributed by atoms with E-state index in [1.54, 1.807) is 0 Å². The first-order valence-corrected chi connectivity index (χ1v) is 6.24. The molecule has 0 spiro atoms. The molecular weight excluding hydrogens is 223 g/mol. The Morgan fingerprint density at radius 3 is 2.27 bits per heavy atom. The van der Waals surface area contributed by atoms with Crippen molar-refractivity contribution in [2.45, 2.75) is 39.8 Å². The number of hydrogen-bond donors (Lipinski definition) is 1. The van der Waals surface area contributed by atoms with Crippen molar-refractivity contribution in [1.82, 2.24) is 0 Å². The zero-order valence-electron chi connectivity index (χ0n) is 9.50. The quantitative estimate of drug-likeness (QED) is 0.517. The lowest BCUT2D eigenvalue weighted by molar-refractivity contribution is -0.108. The average Bonchev–Trinajstić information content (AvgIpc) is 2.12. The SMILES string of the molecule is CCCOC(C)OP(=O)(O)OC(C)OC. The molecule has 0 aromatic carbocycles. The lowest BCUT2D eigenvalue weighted by atomic mass is 10.5. The second kappa shape index (κ2) is 7.33. The molecule has 0 aromatic heterocycles. The standard InChI is InChI=1S/C8H19O6P/c1-5-6-12-8(3)14-15(9,10)13-7(2)11-4/h7-8H,5-6H2,1-4H3,(H,9,10). The third kappa shape index (κ3) is 7.90. The molecule has 0 aliphatic rings. The highest BCUT2D eigenvalue weighted by Gasteiger charge is 2.27. The molecular formula is C8H19O6P. The van der Waals surface area contributed by atoms with Gasteiger partial charge in [-0.15, -0.1) is 0 Å². The van der Waals surface area contributed by atoms with Crippen LogP contribution in [-0.4, -0.2) is 31.2 Å². The van der Waals surface area contributed by atoms with Crippen LogP contribution in [-0.2, 0) is 23.1 Å². The summed E-state index contributed by atoms with van der Waals surface area (Å²) in [6, 6.07) is 0. The largest absolute Gasteiger partial charge is 0.476 e. The summed E-state index contributed by atoms with van der Waals surface area (Å²) in [6.45, 7) is 5.40. The number of ether oxygens (including phenoxy) is 2. The lowest BCUT2D eigenvalue weighted by Crippen LogP contribution is -2.16. The summed E-state index contributed by atoms with van der Waals surface area (Å²) in [5.41, 5.74) is 0. The van der Waals surface area contributed by atoms with Crippen LogP contribution in [0.15, 0.2) is 0 Å². The minimum atomic E-state index is -4.11. The van der Waals surface area contributed by atoms with Crippen molar-refractivity contribution >= 4 is 7.82 Å². The Hall–Kier alpha value is 0.0300. The predicted molar refractivity (Wildman–Crippen MR) is 54.2 cm³/mol. The van der Waals surface area contributed by atoms with E-state index in [4.69, 9.17) is 9.26 Å². The highest BCUT2D eigenvalue weighted by atomic mass is 31.2. The summed E-state index contributed by atoms with van der Waals surface area (Å²) in [4.78, 5) is 9.24. The molecule has 0 saturated carbocycles. The molecule has 7 heteroatoms. The molecule has 0 rings (SSSR count). The molecule has 6 nitrogen and oxygen atoms in total. The Balaban J connectivity index is 3.96. The van der Waals surface area contributed by atoms with Crippen molar-refractivity contribution < 1.29 is 28.0 Å². The van der Waals surface area contributed by atoms with Gasteiger partial charge in [-0.3, -0.25) is 9.05 Å². The second-order valence-corrected chi connectivity index (χ2v) is 4.28. The van der Waals surface area contributed by atoms with E-state index in [0.29, 0.717) is 6.61 Å². The number of hydrogen-bond acceptors (Lipinski definition) is 5. The summed E-state index contributed by atoms with van der Waals surface area (Å²) < 4.78 is 30.4. The molecule has 3 atom stereocenters. The van der Waals surface area contributed by atoms with E-state index in [1.807, 2.05) is 6.92 Å². The molecule has 0 saturated heterocycles. The van der Waals surface area contributed by atoms with Crippen LogP contribution in [0.2, 0.25) is 0 Å². The fraction of sp³-hybridized carbons (Fsp3) is 1.00. The first-order chi connectivity index (χ1) is 6.91. The average molecular weight is 242 g/mol. The fourth-order valence-electron chi connectivity index (χ4n) is 0.757. The van der Waals surface area contributed by atoms with Gasteiger partial charge in [-0.2, -0.15) is 0 Å². The zero-order chi connectivity index (χ0) is 11.9. The number of phosphoric ester groups is 1. The van der Waals surface area contributed by atoms with E-state index in [1.165, 1.54) is 21.0 Å². The van der Waals surface area contributed by atoms with Crippen LogP contribution in [0.5, 0.6) is 0 Å². The van der Waals surface area contributed by atoms with Crippen molar-refractivity contribution in [3.63, 3.8) is 0 Å². The van der Waals surface area contributed by atoms with E-state index < -0.39 is 20.4 Å². The lowest BCUT2D eigenvalue weighted by Gasteiger charge is -2.19. The van der Waals surface area contributed by atoms with Gasteiger partial charge in [0.2, 0.25) is 0 Å². The van der Waals surface area contributed by atoms with Gasteiger partial charge >= 0.3 is 7.82 Å². The minimum Gasteiger partial charge on any atom is -0.356 e. The predicted octanol–water partition coefficient (Wildman–Crippen LogP) is 1.89. The monoisotopic (exact) mass is 242 g/mol. The maximum Gasteiger partial charge on any atom is 0.476 e.